The molecule has 7 nitrogen and oxygen atoms in total. The van der Waals surface area contributed by atoms with Crippen molar-refractivity contribution in [1.82, 2.24) is 19.7 Å². The number of anilines is 1. The molecule has 1 amide bonds. The monoisotopic (exact) mass is 369 g/mol. The van der Waals surface area contributed by atoms with Crippen LogP contribution < -0.4 is 5.32 Å². The largest absolute Gasteiger partial charge is 0.416 e. The van der Waals surface area contributed by atoms with Gasteiger partial charge in [-0.1, -0.05) is 0 Å². The molecule has 3 rings (SSSR count). The van der Waals surface area contributed by atoms with Crippen LogP contribution in [-0.2, 0) is 15.7 Å². The smallest absolute Gasteiger partial charge is 0.376 e. The van der Waals surface area contributed by atoms with Gasteiger partial charge in [0.2, 0.25) is 5.91 Å². The van der Waals surface area contributed by atoms with E-state index in [9.17, 15) is 18.0 Å². The van der Waals surface area contributed by atoms with Crippen molar-refractivity contribution in [2.45, 2.75) is 19.2 Å². The van der Waals surface area contributed by atoms with Gasteiger partial charge in [-0.25, -0.2) is 9.67 Å². The predicted molar refractivity (Wildman–Crippen MR) is 86.8 cm³/mol. The molecule has 1 aliphatic heterocycles. The molecule has 1 unspecified atom stereocenters. The highest BCUT2D eigenvalue weighted by atomic mass is 19.4. The summed E-state index contributed by atoms with van der Waals surface area (Å²) in [7, 11) is 0. The summed E-state index contributed by atoms with van der Waals surface area (Å²) in [5.74, 6) is -0.403. The Morgan fingerprint density at radius 3 is 2.88 bits per heavy atom. The van der Waals surface area contributed by atoms with E-state index in [-0.39, 0.29) is 18.3 Å². The van der Waals surface area contributed by atoms with Crippen molar-refractivity contribution >= 4 is 11.6 Å². The summed E-state index contributed by atoms with van der Waals surface area (Å²) < 4.78 is 45.8. The summed E-state index contributed by atoms with van der Waals surface area (Å²) in [6.45, 7) is 3.67. The minimum absolute atomic E-state index is 0.0100. The number of aromatic nitrogens is 3. The number of amides is 1. The number of alkyl halides is 3. The van der Waals surface area contributed by atoms with Crippen LogP contribution in [0.25, 0.3) is 5.69 Å². The van der Waals surface area contributed by atoms with Crippen LogP contribution in [0, 0.1) is 0 Å². The molecule has 2 aromatic rings. The number of rotatable bonds is 4. The average Bonchev–Trinajstić information content (AvgIpc) is 3.08. The maximum Gasteiger partial charge on any atom is 0.416 e. The van der Waals surface area contributed by atoms with Crippen molar-refractivity contribution in [3.8, 4) is 5.69 Å². The number of nitrogens with one attached hydrogen (secondary N) is 1. The lowest BCUT2D eigenvalue weighted by atomic mass is 10.1. The Morgan fingerprint density at radius 2 is 2.23 bits per heavy atom. The number of carbonyl (C=O) groups is 1. The van der Waals surface area contributed by atoms with E-state index in [2.05, 4.69) is 15.4 Å². The Bertz CT molecular complexity index is 764. The Morgan fingerprint density at radius 1 is 1.42 bits per heavy atom. The zero-order chi connectivity index (χ0) is 18.7. The van der Waals surface area contributed by atoms with E-state index < -0.39 is 17.6 Å². The van der Waals surface area contributed by atoms with E-state index in [1.165, 1.54) is 23.4 Å². The van der Waals surface area contributed by atoms with Gasteiger partial charge in [-0.3, -0.25) is 9.69 Å². The van der Waals surface area contributed by atoms with Crippen molar-refractivity contribution in [3.05, 3.63) is 36.4 Å². The van der Waals surface area contributed by atoms with Gasteiger partial charge in [0.1, 0.15) is 12.7 Å². The summed E-state index contributed by atoms with van der Waals surface area (Å²) >= 11 is 0. The molecule has 0 radical (unpaired) electrons. The zero-order valence-electron chi connectivity index (χ0n) is 14.0. The standard InChI is InChI=1S/C16H18F3N5O2/c1-11-7-23(4-5-26-11)8-15(25)22-13-6-12(16(17,18)19)2-3-14(13)24-10-20-9-21-24/h2-3,6,9-11H,4-5,7-8H2,1H3,(H,22,25). The minimum atomic E-state index is -4.51. The molecular weight excluding hydrogens is 351 g/mol. The number of carbonyl (C=O) groups excluding carboxylic acids is 1. The number of benzene rings is 1. The summed E-state index contributed by atoms with van der Waals surface area (Å²) in [6.07, 6.45) is -1.89. The van der Waals surface area contributed by atoms with Gasteiger partial charge in [-0.05, 0) is 25.1 Å². The number of hydrogen-bond acceptors (Lipinski definition) is 5. The normalized spacial score (nSPS) is 18.7. The summed E-state index contributed by atoms with van der Waals surface area (Å²) in [5, 5.41) is 6.48. The van der Waals surface area contributed by atoms with Gasteiger partial charge in [0.15, 0.2) is 0 Å². The highest BCUT2D eigenvalue weighted by Gasteiger charge is 2.31. The third-order valence-corrected chi connectivity index (χ3v) is 3.96. The zero-order valence-corrected chi connectivity index (χ0v) is 14.0. The van der Waals surface area contributed by atoms with Gasteiger partial charge in [0.05, 0.1) is 36.2 Å². The molecule has 10 heteroatoms. The van der Waals surface area contributed by atoms with E-state index in [1.54, 1.807) is 0 Å². The van der Waals surface area contributed by atoms with Crippen molar-refractivity contribution in [3.63, 3.8) is 0 Å². The van der Waals surface area contributed by atoms with Crippen molar-refractivity contribution < 1.29 is 22.7 Å². The van der Waals surface area contributed by atoms with Crippen LogP contribution >= 0.6 is 0 Å². The molecule has 0 bridgehead atoms. The van der Waals surface area contributed by atoms with Gasteiger partial charge in [-0.15, -0.1) is 0 Å². The third kappa shape index (κ3) is 4.38. The van der Waals surface area contributed by atoms with Crippen LogP contribution in [0.5, 0.6) is 0 Å². The van der Waals surface area contributed by atoms with E-state index in [0.717, 1.165) is 12.1 Å². The SMILES string of the molecule is CC1CN(CC(=O)Nc2cc(C(F)(F)F)ccc2-n2cncn2)CCO1. The minimum Gasteiger partial charge on any atom is -0.376 e. The second-order valence-corrected chi connectivity index (χ2v) is 6.03. The molecule has 1 N–H and O–H groups in total. The van der Waals surface area contributed by atoms with E-state index in [0.29, 0.717) is 25.4 Å². The maximum atomic E-state index is 13.0. The fourth-order valence-corrected chi connectivity index (χ4v) is 2.77. The van der Waals surface area contributed by atoms with Crippen molar-refractivity contribution in [2.24, 2.45) is 0 Å². The first-order valence-electron chi connectivity index (χ1n) is 8.03. The van der Waals surface area contributed by atoms with Crippen LogP contribution in [0.4, 0.5) is 18.9 Å². The van der Waals surface area contributed by atoms with Gasteiger partial charge in [0.25, 0.3) is 0 Å². The fraction of sp³-hybridized carbons (Fsp3) is 0.438. The molecular formula is C16H18F3N5O2. The molecule has 0 aliphatic carbocycles. The van der Waals surface area contributed by atoms with Gasteiger partial charge < -0.3 is 10.1 Å². The Hall–Kier alpha value is -2.46. The first kappa shape index (κ1) is 18.3. The predicted octanol–water partition coefficient (Wildman–Crippen LogP) is 1.95. The molecule has 1 aliphatic rings. The Kier molecular flexibility index (Phi) is 5.23. The molecule has 0 spiro atoms. The van der Waals surface area contributed by atoms with Crippen molar-refractivity contribution in [2.75, 3.05) is 31.6 Å². The topological polar surface area (TPSA) is 72.3 Å². The molecule has 1 saturated heterocycles. The second-order valence-electron chi connectivity index (χ2n) is 6.03. The molecule has 1 aromatic carbocycles. The Balaban J connectivity index is 1.81. The lowest BCUT2D eigenvalue weighted by molar-refractivity contribution is -0.137. The number of halogens is 3. The molecule has 1 atom stereocenters. The highest BCUT2D eigenvalue weighted by molar-refractivity contribution is 5.94. The molecule has 2 heterocycles. The van der Waals surface area contributed by atoms with Crippen LogP contribution in [0.2, 0.25) is 0 Å². The van der Waals surface area contributed by atoms with E-state index in [1.807, 2.05) is 11.8 Å². The second kappa shape index (κ2) is 7.42. The lowest BCUT2D eigenvalue weighted by Gasteiger charge is -2.30. The number of morpholine rings is 1. The van der Waals surface area contributed by atoms with Crippen LogP contribution in [0.1, 0.15) is 12.5 Å². The van der Waals surface area contributed by atoms with Crippen LogP contribution in [0.15, 0.2) is 30.9 Å². The first-order valence-corrected chi connectivity index (χ1v) is 8.03. The average molecular weight is 369 g/mol. The molecule has 0 saturated carbocycles. The first-order chi connectivity index (χ1) is 12.3. The highest BCUT2D eigenvalue weighted by Crippen LogP contribution is 2.33. The summed E-state index contributed by atoms with van der Waals surface area (Å²) in [5.41, 5.74) is -0.521. The quantitative estimate of drug-likeness (QED) is 0.892. The maximum absolute atomic E-state index is 13.0. The van der Waals surface area contributed by atoms with Crippen molar-refractivity contribution in [1.29, 1.82) is 0 Å². The van der Waals surface area contributed by atoms with Crippen LogP contribution in [-0.4, -0.2) is 57.9 Å². The van der Waals surface area contributed by atoms with Gasteiger partial charge in [0, 0.05) is 13.1 Å². The summed E-state index contributed by atoms with van der Waals surface area (Å²) in [6, 6.07) is 3.09. The number of nitrogens with zero attached hydrogens (tertiary/aromatic N) is 4. The van der Waals surface area contributed by atoms with Gasteiger partial charge >= 0.3 is 6.18 Å². The van der Waals surface area contributed by atoms with E-state index >= 15 is 0 Å². The third-order valence-electron chi connectivity index (χ3n) is 3.96. The molecule has 1 fully saturated rings. The lowest BCUT2D eigenvalue weighted by Crippen LogP contribution is -2.44. The molecule has 1 aromatic heterocycles. The summed E-state index contributed by atoms with van der Waals surface area (Å²) in [4.78, 5) is 18.0. The van der Waals surface area contributed by atoms with E-state index in [4.69, 9.17) is 4.74 Å². The number of hydrogen-bond donors (Lipinski definition) is 1. The molecule has 26 heavy (non-hydrogen) atoms. The van der Waals surface area contributed by atoms with Gasteiger partial charge in [-0.2, -0.15) is 18.3 Å². The Labute approximate surface area is 147 Å². The number of ether oxygens (including phenoxy) is 1. The van der Waals surface area contributed by atoms with Crippen LogP contribution in [0.3, 0.4) is 0 Å². The fourth-order valence-electron chi connectivity index (χ4n) is 2.77. The molecule has 140 valence electrons.